The van der Waals surface area contributed by atoms with Gasteiger partial charge in [-0.05, 0) is 40.7 Å². The summed E-state index contributed by atoms with van der Waals surface area (Å²) in [4.78, 5) is 24.8. The maximum absolute atomic E-state index is 12.6. The van der Waals surface area contributed by atoms with Gasteiger partial charge >= 0.3 is 11.9 Å². The standard InChI is InChI=1S/C28H31NO5/c1-26(2,3)18-33-24(30)15-14-23-27(4,5)28(23,25(31)32)22(17-29)19-10-9-13-21(16-19)34-20-11-7-6-8-12-20/h6-16,22-23H,18H2,1-5H3,(H,31,32)/t22?,23-,28+/m0/s1. The zero-order valence-electron chi connectivity index (χ0n) is 20.2. The molecule has 2 aromatic rings. The molecule has 0 aromatic heterocycles. The average Bonchev–Trinajstić information content (AvgIpc) is 3.27. The Morgan fingerprint density at radius 3 is 2.35 bits per heavy atom. The van der Waals surface area contributed by atoms with E-state index in [0.29, 0.717) is 17.1 Å². The summed E-state index contributed by atoms with van der Waals surface area (Å²) in [7, 11) is 0. The zero-order valence-corrected chi connectivity index (χ0v) is 20.2. The summed E-state index contributed by atoms with van der Waals surface area (Å²) < 4.78 is 11.2. The number of aliphatic carboxylic acids is 1. The van der Waals surface area contributed by atoms with Crippen molar-refractivity contribution in [1.82, 2.24) is 0 Å². The van der Waals surface area contributed by atoms with Gasteiger partial charge in [-0.1, -0.05) is 71.0 Å². The van der Waals surface area contributed by atoms with E-state index in [1.807, 2.05) is 65.0 Å². The van der Waals surface area contributed by atoms with Crippen LogP contribution < -0.4 is 4.74 Å². The van der Waals surface area contributed by atoms with Crippen molar-refractivity contribution >= 4 is 11.9 Å². The molecular weight excluding hydrogens is 430 g/mol. The second-order valence-electron chi connectivity index (χ2n) is 10.5. The van der Waals surface area contributed by atoms with Gasteiger partial charge in [0.2, 0.25) is 0 Å². The molecule has 1 unspecified atom stereocenters. The molecule has 0 amide bonds. The van der Waals surface area contributed by atoms with Crippen LogP contribution in [0, 0.1) is 33.5 Å². The molecule has 6 heteroatoms. The maximum atomic E-state index is 12.6. The number of allylic oxidation sites excluding steroid dienone is 1. The van der Waals surface area contributed by atoms with Crippen LogP contribution >= 0.6 is 0 Å². The van der Waals surface area contributed by atoms with Crippen LogP contribution in [0.5, 0.6) is 11.5 Å². The number of rotatable bonds is 8. The Bertz CT molecular complexity index is 1120. The first kappa shape index (κ1) is 25.0. The molecule has 178 valence electrons. The molecule has 3 rings (SSSR count). The molecule has 3 atom stereocenters. The summed E-state index contributed by atoms with van der Waals surface area (Å²) in [5, 5.41) is 20.4. The van der Waals surface area contributed by atoms with Crippen LogP contribution in [-0.4, -0.2) is 23.7 Å². The predicted molar refractivity (Wildman–Crippen MR) is 128 cm³/mol. The molecule has 6 nitrogen and oxygen atoms in total. The number of carboxylic acids is 1. The SMILES string of the molecule is CC(C)(C)COC(=O)C=C[C@H]1C(C)(C)[C@]1(C(=O)O)C(C#N)c1cccc(Oc2ccccc2)c1. The van der Waals surface area contributed by atoms with Crippen LogP contribution in [-0.2, 0) is 14.3 Å². The highest BCUT2D eigenvalue weighted by atomic mass is 16.5. The third-order valence-electron chi connectivity index (χ3n) is 6.43. The van der Waals surface area contributed by atoms with Crippen molar-refractivity contribution in [3.63, 3.8) is 0 Å². The number of esters is 1. The monoisotopic (exact) mass is 461 g/mol. The van der Waals surface area contributed by atoms with Gasteiger partial charge in [0.15, 0.2) is 0 Å². The molecule has 1 N–H and O–H groups in total. The highest BCUT2D eigenvalue weighted by Gasteiger charge is 2.78. The Morgan fingerprint density at radius 1 is 1.12 bits per heavy atom. The van der Waals surface area contributed by atoms with Crippen LogP contribution in [0.4, 0.5) is 0 Å². The quantitative estimate of drug-likeness (QED) is 0.385. The van der Waals surface area contributed by atoms with Gasteiger partial charge in [0, 0.05) is 12.0 Å². The fourth-order valence-corrected chi connectivity index (χ4v) is 4.65. The minimum atomic E-state index is -1.39. The molecule has 1 saturated carbocycles. The van der Waals surface area contributed by atoms with Crippen molar-refractivity contribution in [1.29, 1.82) is 5.26 Å². The van der Waals surface area contributed by atoms with Gasteiger partial charge in [0.1, 0.15) is 16.9 Å². The number of para-hydroxylation sites is 1. The van der Waals surface area contributed by atoms with Crippen LogP contribution in [0.3, 0.4) is 0 Å². The number of ether oxygens (including phenoxy) is 2. The summed E-state index contributed by atoms with van der Waals surface area (Å²) in [5.41, 5.74) is -1.77. The molecule has 0 saturated heterocycles. The third-order valence-corrected chi connectivity index (χ3v) is 6.43. The van der Waals surface area contributed by atoms with Crippen molar-refractivity contribution in [3.8, 4) is 17.6 Å². The summed E-state index contributed by atoms with van der Waals surface area (Å²) in [6, 6.07) is 18.4. The van der Waals surface area contributed by atoms with E-state index in [1.165, 1.54) is 6.08 Å². The molecule has 2 aromatic carbocycles. The lowest BCUT2D eigenvalue weighted by Gasteiger charge is -2.22. The maximum Gasteiger partial charge on any atom is 0.330 e. The number of nitrogens with zero attached hydrogens (tertiary/aromatic N) is 1. The molecule has 34 heavy (non-hydrogen) atoms. The first-order valence-corrected chi connectivity index (χ1v) is 11.2. The van der Waals surface area contributed by atoms with Crippen molar-refractivity contribution in [2.24, 2.45) is 22.2 Å². The number of benzene rings is 2. The van der Waals surface area contributed by atoms with Gasteiger partial charge in [-0.15, -0.1) is 0 Å². The summed E-state index contributed by atoms with van der Waals surface area (Å²) in [5.74, 6) is -1.91. The van der Waals surface area contributed by atoms with Crippen molar-refractivity contribution < 1.29 is 24.2 Å². The summed E-state index contributed by atoms with van der Waals surface area (Å²) in [6.07, 6.45) is 2.86. The van der Waals surface area contributed by atoms with Gasteiger partial charge < -0.3 is 14.6 Å². The Morgan fingerprint density at radius 2 is 1.76 bits per heavy atom. The molecule has 0 heterocycles. The number of nitriles is 1. The first-order valence-electron chi connectivity index (χ1n) is 11.2. The topological polar surface area (TPSA) is 96.6 Å². The molecule has 0 aliphatic heterocycles. The molecule has 0 spiro atoms. The average molecular weight is 462 g/mol. The Hall–Kier alpha value is -3.59. The smallest absolute Gasteiger partial charge is 0.330 e. The van der Waals surface area contributed by atoms with Gasteiger partial charge in [0.25, 0.3) is 0 Å². The van der Waals surface area contributed by atoms with Gasteiger partial charge in [-0.2, -0.15) is 5.26 Å². The lowest BCUT2D eigenvalue weighted by molar-refractivity contribution is -0.145. The number of carboxylic acid groups (broad SMARTS) is 1. The highest BCUT2D eigenvalue weighted by molar-refractivity contribution is 5.86. The second kappa shape index (κ2) is 9.34. The van der Waals surface area contributed by atoms with E-state index in [9.17, 15) is 20.0 Å². The molecular formula is C28H31NO5. The van der Waals surface area contributed by atoms with E-state index in [0.717, 1.165) is 0 Å². The number of hydrogen-bond donors (Lipinski definition) is 1. The van der Waals surface area contributed by atoms with Gasteiger partial charge in [-0.3, -0.25) is 4.79 Å². The van der Waals surface area contributed by atoms with Crippen molar-refractivity contribution in [3.05, 3.63) is 72.3 Å². The molecule has 1 aliphatic rings. The predicted octanol–water partition coefficient (Wildman–Crippen LogP) is 5.96. The Labute approximate surface area is 200 Å². The Balaban J connectivity index is 1.89. The van der Waals surface area contributed by atoms with Crippen molar-refractivity contribution in [2.75, 3.05) is 6.61 Å². The van der Waals surface area contributed by atoms with Gasteiger partial charge in [0.05, 0.1) is 18.6 Å². The molecule has 0 radical (unpaired) electrons. The van der Waals surface area contributed by atoms with Crippen molar-refractivity contribution in [2.45, 2.75) is 40.5 Å². The fraction of sp³-hybridized carbons (Fsp3) is 0.393. The number of hydrogen-bond acceptors (Lipinski definition) is 5. The minimum Gasteiger partial charge on any atom is -0.481 e. The molecule has 1 aliphatic carbocycles. The lowest BCUT2D eigenvalue weighted by Crippen LogP contribution is -2.28. The van der Waals surface area contributed by atoms with Gasteiger partial charge in [-0.25, -0.2) is 4.79 Å². The lowest BCUT2D eigenvalue weighted by atomic mass is 9.78. The minimum absolute atomic E-state index is 0.175. The van der Waals surface area contributed by atoms with Crippen LogP contribution in [0.15, 0.2) is 66.7 Å². The van der Waals surface area contributed by atoms with Crippen LogP contribution in [0.25, 0.3) is 0 Å². The normalized spacial score (nSPS) is 21.9. The Kier molecular flexibility index (Phi) is 6.88. The van der Waals surface area contributed by atoms with Crippen LogP contribution in [0.1, 0.15) is 46.1 Å². The van der Waals surface area contributed by atoms with E-state index < -0.39 is 34.6 Å². The van der Waals surface area contributed by atoms with E-state index >= 15 is 0 Å². The number of carbonyl (C=O) groups is 2. The van der Waals surface area contributed by atoms with E-state index in [2.05, 4.69) is 6.07 Å². The summed E-state index contributed by atoms with van der Waals surface area (Å²) >= 11 is 0. The fourth-order valence-electron chi connectivity index (χ4n) is 4.65. The van der Waals surface area contributed by atoms with E-state index in [1.54, 1.807) is 30.3 Å². The van der Waals surface area contributed by atoms with Crippen LogP contribution in [0.2, 0.25) is 0 Å². The number of carbonyl (C=O) groups excluding carboxylic acids is 1. The summed E-state index contributed by atoms with van der Waals surface area (Å²) in [6.45, 7) is 9.74. The highest BCUT2D eigenvalue weighted by Crippen LogP contribution is 2.75. The molecule has 1 fully saturated rings. The van der Waals surface area contributed by atoms with E-state index in [-0.39, 0.29) is 12.0 Å². The second-order valence-corrected chi connectivity index (χ2v) is 10.5. The largest absolute Gasteiger partial charge is 0.481 e. The third kappa shape index (κ3) is 4.84. The van der Waals surface area contributed by atoms with E-state index in [4.69, 9.17) is 9.47 Å². The first-order chi connectivity index (χ1) is 15.9. The zero-order chi connectivity index (χ0) is 25.1. The molecule has 0 bridgehead atoms.